The predicted octanol–water partition coefficient (Wildman–Crippen LogP) is 4.36. The molecule has 0 aliphatic carbocycles. The van der Waals surface area contributed by atoms with E-state index < -0.39 is 0 Å². The number of hydrogen-bond acceptors (Lipinski definition) is 9. The number of fused-ring (bicyclic) bond motifs is 3. The summed E-state index contributed by atoms with van der Waals surface area (Å²) in [5.41, 5.74) is 17.3. The lowest BCUT2D eigenvalue weighted by Gasteiger charge is -2.13. The molecular weight excluding hydrogens is 484 g/mol. The van der Waals surface area contributed by atoms with Crippen LogP contribution in [0.4, 0.5) is 10.9 Å². The molecule has 0 atom stereocenters. The minimum absolute atomic E-state index is 0.373. The van der Waals surface area contributed by atoms with Gasteiger partial charge in [-0.15, -0.1) is 0 Å². The number of benzene rings is 2. The number of anilines is 2. The number of aryl methyl sites for hydroxylation is 1. The maximum Gasteiger partial charge on any atom is 0.181 e. The molecule has 0 spiro atoms. The van der Waals surface area contributed by atoms with Crippen molar-refractivity contribution in [3.05, 3.63) is 78.6 Å². The zero-order chi connectivity index (χ0) is 25.1. The molecule has 7 rings (SSSR count). The Hall–Kier alpha value is -4.90. The fourth-order valence-corrected chi connectivity index (χ4v) is 5.44. The number of nitrogens with zero attached hydrogens (tertiary/aromatic N) is 8. The summed E-state index contributed by atoms with van der Waals surface area (Å²) in [5, 5.41) is 7.26. The van der Waals surface area contributed by atoms with Gasteiger partial charge in [0, 0.05) is 28.9 Å². The van der Waals surface area contributed by atoms with Crippen molar-refractivity contribution in [2.75, 3.05) is 11.5 Å². The van der Waals surface area contributed by atoms with Crippen molar-refractivity contribution >= 4 is 54.4 Å². The molecule has 0 aliphatic rings. The van der Waals surface area contributed by atoms with Gasteiger partial charge in [0.1, 0.15) is 29.5 Å². The van der Waals surface area contributed by atoms with Gasteiger partial charge in [0.05, 0.1) is 27.7 Å². The Bertz CT molecular complexity index is 1970. The lowest BCUT2D eigenvalue weighted by atomic mass is 10.1. The van der Waals surface area contributed by atoms with Gasteiger partial charge in [0.2, 0.25) is 0 Å². The molecule has 4 N–H and O–H groups in total. The highest BCUT2D eigenvalue weighted by Crippen LogP contribution is 2.34. The van der Waals surface area contributed by atoms with Gasteiger partial charge < -0.3 is 11.5 Å². The highest BCUT2D eigenvalue weighted by Gasteiger charge is 2.20. The number of para-hydroxylation sites is 1. The van der Waals surface area contributed by atoms with Gasteiger partial charge in [0.15, 0.2) is 10.8 Å². The molecular formula is C26H20N10S. The molecule has 37 heavy (non-hydrogen) atoms. The first-order valence-corrected chi connectivity index (χ1v) is 12.4. The second-order valence-electron chi connectivity index (χ2n) is 8.71. The molecule has 180 valence electrons. The Morgan fingerprint density at radius 1 is 0.946 bits per heavy atom. The SMILES string of the molecule is Cc1nccn1-c1nc2ccccc2cc1Cn1nc(-c2ccc3nc(N)sc3c2)c2c(N)ncnc21. The summed E-state index contributed by atoms with van der Waals surface area (Å²) in [6.45, 7) is 2.38. The highest BCUT2D eigenvalue weighted by molar-refractivity contribution is 7.22. The smallest absolute Gasteiger partial charge is 0.181 e. The van der Waals surface area contributed by atoms with Crippen LogP contribution in [-0.4, -0.2) is 39.3 Å². The van der Waals surface area contributed by atoms with Crippen molar-refractivity contribution in [1.82, 2.24) is 39.3 Å². The van der Waals surface area contributed by atoms with Crippen LogP contribution in [0.2, 0.25) is 0 Å². The van der Waals surface area contributed by atoms with E-state index in [4.69, 9.17) is 21.5 Å². The number of rotatable bonds is 4. The number of thiazole rings is 1. The van der Waals surface area contributed by atoms with Crippen molar-refractivity contribution in [3.8, 4) is 17.1 Å². The van der Waals surface area contributed by atoms with Crippen molar-refractivity contribution < 1.29 is 0 Å². The summed E-state index contributed by atoms with van der Waals surface area (Å²) in [4.78, 5) is 22.6. The predicted molar refractivity (Wildman–Crippen MR) is 145 cm³/mol. The van der Waals surface area contributed by atoms with E-state index in [9.17, 15) is 0 Å². The Balaban J connectivity index is 1.43. The molecule has 11 heteroatoms. The molecule has 5 aromatic heterocycles. The molecule has 2 aromatic carbocycles. The Morgan fingerprint density at radius 2 is 1.84 bits per heavy atom. The molecule has 0 aliphatic heterocycles. The van der Waals surface area contributed by atoms with Crippen LogP contribution >= 0.6 is 11.3 Å². The number of imidazole rings is 1. The third-order valence-electron chi connectivity index (χ3n) is 6.39. The molecule has 0 radical (unpaired) electrons. The summed E-state index contributed by atoms with van der Waals surface area (Å²) in [7, 11) is 0. The Morgan fingerprint density at radius 3 is 2.70 bits per heavy atom. The first-order valence-electron chi connectivity index (χ1n) is 11.6. The molecule has 0 fully saturated rings. The van der Waals surface area contributed by atoms with E-state index in [0.29, 0.717) is 34.2 Å². The number of nitrogen functional groups attached to an aromatic ring is 2. The van der Waals surface area contributed by atoms with Gasteiger partial charge in [-0.3, -0.25) is 4.57 Å². The maximum atomic E-state index is 6.36. The second-order valence-corrected chi connectivity index (χ2v) is 9.77. The number of hydrogen-bond donors (Lipinski definition) is 2. The molecule has 7 aromatic rings. The minimum atomic E-state index is 0.373. The molecule has 0 bridgehead atoms. The molecule has 10 nitrogen and oxygen atoms in total. The summed E-state index contributed by atoms with van der Waals surface area (Å²) in [6, 6.07) is 16.1. The quantitative estimate of drug-likeness (QED) is 0.360. The molecule has 0 saturated heterocycles. The third-order valence-corrected chi connectivity index (χ3v) is 7.24. The first kappa shape index (κ1) is 21.4. The van der Waals surface area contributed by atoms with Crippen molar-refractivity contribution in [1.29, 1.82) is 0 Å². The average molecular weight is 505 g/mol. The number of aromatic nitrogens is 8. The van der Waals surface area contributed by atoms with E-state index in [0.717, 1.165) is 43.9 Å². The number of pyridine rings is 1. The van der Waals surface area contributed by atoms with Crippen LogP contribution in [0, 0.1) is 6.92 Å². The zero-order valence-corrected chi connectivity index (χ0v) is 20.5. The van der Waals surface area contributed by atoms with Gasteiger partial charge in [-0.2, -0.15) is 5.10 Å². The summed E-state index contributed by atoms with van der Waals surface area (Å²) >= 11 is 1.44. The Labute approximate surface area is 214 Å². The van der Waals surface area contributed by atoms with E-state index in [2.05, 4.69) is 32.1 Å². The summed E-state index contributed by atoms with van der Waals surface area (Å²) in [6.07, 6.45) is 5.15. The first-order chi connectivity index (χ1) is 18.0. The highest BCUT2D eigenvalue weighted by atomic mass is 32.1. The van der Waals surface area contributed by atoms with Crippen LogP contribution in [-0.2, 0) is 6.54 Å². The van der Waals surface area contributed by atoms with E-state index >= 15 is 0 Å². The zero-order valence-electron chi connectivity index (χ0n) is 19.7. The fraction of sp³-hybridized carbons (Fsp3) is 0.0769. The minimum Gasteiger partial charge on any atom is -0.383 e. The van der Waals surface area contributed by atoms with E-state index in [1.165, 1.54) is 17.7 Å². The maximum absolute atomic E-state index is 6.36. The van der Waals surface area contributed by atoms with Gasteiger partial charge in [-0.25, -0.2) is 29.6 Å². The van der Waals surface area contributed by atoms with Crippen molar-refractivity contribution in [3.63, 3.8) is 0 Å². The lowest BCUT2D eigenvalue weighted by molar-refractivity contribution is 0.699. The fourth-order valence-electron chi connectivity index (χ4n) is 4.67. The number of nitrogens with two attached hydrogens (primary N) is 2. The second kappa shape index (κ2) is 8.07. The van der Waals surface area contributed by atoms with E-state index in [-0.39, 0.29) is 0 Å². The largest absolute Gasteiger partial charge is 0.383 e. The van der Waals surface area contributed by atoms with Crippen molar-refractivity contribution in [2.24, 2.45) is 0 Å². The van der Waals surface area contributed by atoms with Gasteiger partial charge in [-0.05, 0) is 31.2 Å². The lowest BCUT2D eigenvalue weighted by Crippen LogP contribution is -2.10. The summed E-state index contributed by atoms with van der Waals surface area (Å²) < 4.78 is 4.82. The van der Waals surface area contributed by atoms with Gasteiger partial charge >= 0.3 is 0 Å². The van der Waals surface area contributed by atoms with Gasteiger partial charge in [-0.1, -0.05) is 35.6 Å². The standard InChI is InChI=1S/C26H20N10S/c1-14-29-8-9-35(14)24-17(10-15-4-2-3-5-18(15)32-24)12-36-25-21(23(27)30-13-31-25)22(34-36)16-6-7-19-20(11-16)37-26(28)33-19/h2-11,13H,12H2,1H3,(H2,28,33)(H2,27,30,31). The van der Waals surface area contributed by atoms with Crippen LogP contribution in [0.1, 0.15) is 11.4 Å². The van der Waals surface area contributed by atoms with Crippen LogP contribution < -0.4 is 11.5 Å². The van der Waals surface area contributed by atoms with Crippen molar-refractivity contribution in [2.45, 2.75) is 13.5 Å². The van der Waals surface area contributed by atoms with E-state index in [1.807, 2.05) is 58.8 Å². The van der Waals surface area contributed by atoms with E-state index in [1.54, 1.807) is 6.20 Å². The van der Waals surface area contributed by atoms with Crippen LogP contribution in [0.25, 0.3) is 49.2 Å². The monoisotopic (exact) mass is 504 g/mol. The molecule has 0 saturated carbocycles. The van der Waals surface area contributed by atoms with Crippen LogP contribution in [0.5, 0.6) is 0 Å². The Kier molecular flexibility index (Phi) is 4.66. The normalized spacial score (nSPS) is 11.7. The summed E-state index contributed by atoms with van der Waals surface area (Å²) in [5.74, 6) is 2.01. The van der Waals surface area contributed by atoms with Gasteiger partial charge in [0.25, 0.3) is 0 Å². The third kappa shape index (κ3) is 3.47. The van der Waals surface area contributed by atoms with Crippen LogP contribution in [0.3, 0.4) is 0 Å². The average Bonchev–Trinajstić information content (AvgIpc) is 3.60. The molecule has 5 heterocycles. The molecule has 0 amide bonds. The topological polar surface area (TPSA) is 139 Å². The van der Waals surface area contributed by atoms with Crippen LogP contribution in [0.15, 0.2) is 67.3 Å². The molecule has 0 unspecified atom stereocenters.